The molecule has 8 aromatic carbocycles. The largest absolute Gasteiger partial charge is 0.309 e. The van der Waals surface area contributed by atoms with Gasteiger partial charge in [0.25, 0.3) is 0 Å². The number of hydrogen-bond donors (Lipinski definition) is 0. The third-order valence-electron chi connectivity index (χ3n) is 10.9. The molecule has 274 valence electrons. The van der Waals surface area contributed by atoms with Gasteiger partial charge in [-0.25, -0.2) is 23.7 Å². The van der Waals surface area contributed by atoms with Crippen LogP contribution in [0.4, 0.5) is 8.78 Å². The molecule has 7 heteroatoms. The molecule has 11 aromatic rings. The van der Waals surface area contributed by atoms with Gasteiger partial charge in [-0.05, 0) is 60.2 Å². The smallest absolute Gasteiger partial charge is 0.166 e. The summed E-state index contributed by atoms with van der Waals surface area (Å²) in [4.78, 5) is 15.1. The maximum absolute atomic E-state index is 15.5. The second-order valence-electron chi connectivity index (χ2n) is 14.3. The summed E-state index contributed by atoms with van der Waals surface area (Å²) in [5.41, 5.74) is 8.95. The zero-order valence-corrected chi connectivity index (χ0v) is 30.9. The Morgan fingerprint density at radius 3 is 1.48 bits per heavy atom. The standard InChI is InChI=1S/C51H31F2N5/c52-42-22-13-21-36(48(42)53)34-26-28-47(41(30-34)51-55-49(32-14-3-1-4-15-32)54-50(56-51)33-16-5-2-6-17-33)58-45-25-12-9-20-39(45)40-31-35(27-29-46(40)58)57-43-23-10-7-18-37(43)38-19-8-11-24-44(38)57/h1-31H. The van der Waals surface area contributed by atoms with Gasteiger partial charge in [-0.15, -0.1) is 0 Å². The van der Waals surface area contributed by atoms with Gasteiger partial charge in [0.2, 0.25) is 0 Å². The molecule has 0 saturated heterocycles. The number of fused-ring (bicyclic) bond motifs is 6. The maximum atomic E-state index is 15.5. The lowest BCUT2D eigenvalue weighted by atomic mass is 10.00. The van der Waals surface area contributed by atoms with Crippen molar-refractivity contribution in [2.24, 2.45) is 0 Å². The van der Waals surface area contributed by atoms with Crippen molar-refractivity contribution in [3.05, 3.63) is 200 Å². The molecule has 0 atom stereocenters. The van der Waals surface area contributed by atoms with E-state index in [-0.39, 0.29) is 5.56 Å². The van der Waals surface area contributed by atoms with E-state index in [9.17, 15) is 4.39 Å². The number of para-hydroxylation sites is 3. The number of halogens is 2. The van der Waals surface area contributed by atoms with Gasteiger partial charge in [-0.1, -0.05) is 133 Å². The Hall–Kier alpha value is -7.77. The molecular formula is C51H31F2N5. The second kappa shape index (κ2) is 13.5. The molecule has 3 aromatic heterocycles. The lowest BCUT2D eigenvalue weighted by molar-refractivity contribution is 0.511. The number of benzene rings is 8. The van der Waals surface area contributed by atoms with Crippen molar-refractivity contribution >= 4 is 43.6 Å². The van der Waals surface area contributed by atoms with Crippen LogP contribution in [0.5, 0.6) is 0 Å². The summed E-state index contributed by atoms with van der Waals surface area (Å²) in [7, 11) is 0. The number of rotatable bonds is 6. The van der Waals surface area contributed by atoms with Crippen LogP contribution in [0, 0.1) is 11.6 Å². The molecule has 0 aliphatic carbocycles. The summed E-state index contributed by atoms with van der Waals surface area (Å²) < 4.78 is 34.8. The summed E-state index contributed by atoms with van der Waals surface area (Å²) in [6, 6.07) is 61.4. The van der Waals surface area contributed by atoms with Gasteiger partial charge in [-0.2, -0.15) is 0 Å². The van der Waals surface area contributed by atoms with E-state index < -0.39 is 11.6 Å². The topological polar surface area (TPSA) is 48.5 Å². The molecule has 0 unspecified atom stereocenters. The molecule has 0 saturated carbocycles. The van der Waals surface area contributed by atoms with Gasteiger partial charge in [0, 0.05) is 49.5 Å². The normalized spacial score (nSPS) is 11.6. The quantitative estimate of drug-likeness (QED) is 0.170. The molecule has 0 N–H and O–H groups in total. The Bertz CT molecular complexity index is 3260. The van der Waals surface area contributed by atoms with Crippen molar-refractivity contribution in [1.29, 1.82) is 0 Å². The van der Waals surface area contributed by atoms with E-state index in [1.807, 2.05) is 84.9 Å². The maximum Gasteiger partial charge on any atom is 0.166 e. The van der Waals surface area contributed by atoms with Crippen molar-refractivity contribution < 1.29 is 8.78 Å². The van der Waals surface area contributed by atoms with Crippen LogP contribution in [0.25, 0.3) is 100 Å². The SMILES string of the molecule is Fc1cccc(-c2ccc(-n3c4ccccc4c4cc(-n5c6ccccc6c6ccccc65)ccc43)c(-c3nc(-c4ccccc4)nc(-c4ccccc4)n3)c2)c1F. The minimum Gasteiger partial charge on any atom is -0.309 e. The van der Waals surface area contributed by atoms with Crippen LogP contribution in [-0.4, -0.2) is 24.1 Å². The molecule has 0 amide bonds. The Labute approximate surface area is 331 Å². The van der Waals surface area contributed by atoms with Crippen LogP contribution < -0.4 is 0 Å². The first-order chi connectivity index (χ1) is 28.6. The van der Waals surface area contributed by atoms with Crippen molar-refractivity contribution in [2.45, 2.75) is 0 Å². The van der Waals surface area contributed by atoms with E-state index in [4.69, 9.17) is 15.0 Å². The Balaban J connectivity index is 1.20. The molecule has 0 spiro atoms. The minimum atomic E-state index is -0.916. The highest BCUT2D eigenvalue weighted by molar-refractivity contribution is 6.12. The minimum absolute atomic E-state index is 0.145. The molecular weight excluding hydrogens is 721 g/mol. The lowest BCUT2D eigenvalue weighted by Gasteiger charge is -2.17. The van der Waals surface area contributed by atoms with E-state index in [1.165, 1.54) is 16.8 Å². The summed E-state index contributed by atoms with van der Waals surface area (Å²) >= 11 is 0. The van der Waals surface area contributed by atoms with E-state index in [0.29, 0.717) is 28.6 Å². The summed E-state index contributed by atoms with van der Waals surface area (Å²) in [5.74, 6) is -0.440. The second-order valence-corrected chi connectivity index (χ2v) is 14.3. The Kier molecular flexibility index (Phi) is 7.79. The first-order valence-corrected chi connectivity index (χ1v) is 19.1. The highest BCUT2D eigenvalue weighted by Gasteiger charge is 2.22. The van der Waals surface area contributed by atoms with Gasteiger partial charge in [0.1, 0.15) is 0 Å². The number of nitrogens with zero attached hydrogens (tertiary/aromatic N) is 5. The first kappa shape index (κ1) is 33.6. The highest BCUT2D eigenvalue weighted by atomic mass is 19.2. The monoisotopic (exact) mass is 751 g/mol. The molecule has 0 bridgehead atoms. The van der Waals surface area contributed by atoms with E-state index in [0.717, 1.165) is 61.4 Å². The Morgan fingerprint density at radius 1 is 0.345 bits per heavy atom. The lowest BCUT2D eigenvalue weighted by Crippen LogP contribution is -2.04. The van der Waals surface area contributed by atoms with Crippen LogP contribution in [-0.2, 0) is 0 Å². The molecule has 11 rings (SSSR count). The van der Waals surface area contributed by atoms with Crippen LogP contribution in [0.1, 0.15) is 0 Å². The fraction of sp³-hybridized carbons (Fsp3) is 0. The molecule has 0 radical (unpaired) electrons. The third kappa shape index (κ3) is 5.39. The highest BCUT2D eigenvalue weighted by Crippen LogP contribution is 2.40. The molecule has 5 nitrogen and oxygen atoms in total. The summed E-state index contributed by atoms with van der Waals surface area (Å²) in [5, 5.41) is 4.52. The average molecular weight is 752 g/mol. The third-order valence-corrected chi connectivity index (χ3v) is 10.9. The fourth-order valence-electron chi connectivity index (χ4n) is 8.29. The van der Waals surface area contributed by atoms with E-state index >= 15 is 4.39 Å². The Morgan fingerprint density at radius 2 is 0.862 bits per heavy atom. The zero-order chi connectivity index (χ0) is 38.7. The van der Waals surface area contributed by atoms with Gasteiger partial charge in [-0.3, -0.25) is 0 Å². The van der Waals surface area contributed by atoms with Gasteiger partial charge in [0.05, 0.1) is 27.8 Å². The van der Waals surface area contributed by atoms with Crippen LogP contribution in [0.3, 0.4) is 0 Å². The predicted octanol–water partition coefficient (Wildman–Crippen LogP) is 13.0. The van der Waals surface area contributed by atoms with Crippen LogP contribution >= 0.6 is 0 Å². The fourth-order valence-corrected chi connectivity index (χ4v) is 8.29. The summed E-state index contributed by atoms with van der Waals surface area (Å²) in [6.45, 7) is 0. The average Bonchev–Trinajstić information content (AvgIpc) is 3.80. The van der Waals surface area contributed by atoms with Gasteiger partial charge in [0.15, 0.2) is 29.1 Å². The summed E-state index contributed by atoms with van der Waals surface area (Å²) in [6.07, 6.45) is 0. The van der Waals surface area contributed by atoms with Crippen molar-refractivity contribution in [3.63, 3.8) is 0 Å². The predicted molar refractivity (Wildman–Crippen MR) is 230 cm³/mol. The van der Waals surface area contributed by atoms with Crippen molar-refractivity contribution in [1.82, 2.24) is 24.1 Å². The first-order valence-electron chi connectivity index (χ1n) is 19.1. The number of hydrogen-bond acceptors (Lipinski definition) is 3. The van der Waals surface area contributed by atoms with Crippen molar-refractivity contribution in [3.8, 4) is 56.7 Å². The molecule has 0 aliphatic heterocycles. The van der Waals surface area contributed by atoms with Gasteiger partial charge < -0.3 is 9.13 Å². The van der Waals surface area contributed by atoms with Gasteiger partial charge >= 0.3 is 0 Å². The van der Waals surface area contributed by atoms with Crippen LogP contribution in [0.2, 0.25) is 0 Å². The van der Waals surface area contributed by atoms with E-state index in [2.05, 4.69) is 94.1 Å². The molecule has 3 heterocycles. The van der Waals surface area contributed by atoms with Crippen molar-refractivity contribution in [2.75, 3.05) is 0 Å². The molecule has 0 aliphatic rings. The number of aromatic nitrogens is 5. The van der Waals surface area contributed by atoms with E-state index in [1.54, 1.807) is 6.07 Å². The molecule has 58 heavy (non-hydrogen) atoms. The zero-order valence-electron chi connectivity index (χ0n) is 30.9. The molecule has 0 fully saturated rings. The van der Waals surface area contributed by atoms with Crippen LogP contribution in [0.15, 0.2) is 188 Å².